The molecule has 0 saturated carbocycles. The number of nitrogens with one attached hydrogen (secondary N) is 2. The van der Waals surface area contributed by atoms with Gasteiger partial charge in [-0.25, -0.2) is 0 Å². The molecular weight excluding hydrogens is 452 g/mol. The van der Waals surface area contributed by atoms with Crippen molar-refractivity contribution in [1.82, 2.24) is 10.3 Å². The normalized spacial score (nSPS) is 11.5. The number of para-hydroxylation sites is 1. The monoisotopic (exact) mass is 472 g/mol. The molecule has 3 N–H and O–H groups in total. The second-order valence-corrected chi connectivity index (χ2v) is 8.08. The SMILES string of the molecule is O=C(NC(CO)Cc1c[nH]c2ccccc12)c1cc(C#Cc2ccccc2)ccc1Br. The van der Waals surface area contributed by atoms with Crippen molar-refractivity contribution >= 4 is 32.7 Å². The molecule has 154 valence electrons. The van der Waals surface area contributed by atoms with Crippen LogP contribution < -0.4 is 5.32 Å². The van der Waals surface area contributed by atoms with Crippen molar-refractivity contribution in [2.45, 2.75) is 12.5 Å². The summed E-state index contributed by atoms with van der Waals surface area (Å²) in [6.45, 7) is -0.156. The summed E-state index contributed by atoms with van der Waals surface area (Å²) in [6.07, 6.45) is 2.45. The van der Waals surface area contributed by atoms with Gasteiger partial charge >= 0.3 is 0 Å². The first-order chi connectivity index (χ1) is 15.1. The zero-order chi connectivity index (χ0) is 21.6. The summed E-state index contributed by atoms with van der Waals surface area (Å²) < 4.78 is 0.680. The zero-order valence-electron chi connectivity index (χ0n) is 16.7. The Balaban J connectivity index is 1.51. The number of aliphatic hydroxyl groups excluding tert-OH is 1. The maximum atomic E-state index is 12.9. The fourth-order valence-corrected chi connectivity index (χ4v) is 3.86. The molecule has 1 aromatic heterocycles. The Kier molecular flexibility index (Phi) is 6.51. The second kappa shape index (κ2) is 9.65. The second-order valence-electron chi connectivity index (χ2n) is 7.23. The Hall–Kier alpha value is -3.33. The highest BCUT2D eigenvalue weighted by Gasteiger charge is 2.17. The van der Waals surface area contributed by atoms with Crippen LogP contribution in [-0.2, 0) is 6.42 Å². The molecule has 0 radical (unpaired) electrons. The van der Waals surface area contributed by atoms with Crippen LogP contribution in [-0.4, -0.2) is 28.6 Å². The van der Waals surface area contributed by atoms with Crippen molar-refractivity contribution in [1.29, 1.82) is 0 Å². The van der Waals surface area contributed by atoms with Crippen molar-refractivity contribution in [2.24, 2.45) is 0 Å². The lowest BCUT2D eigenvalue weighted by Gasteiger charge is -2.17. The molecule has 4 rings (SSSR count). The maximum absolute atomic E-state index is 12.9. The third kappa shape index (κ3) is 5.05. The number of carbonyl (C=O) groups is 1. The minimum Gasteiger partial charge on any atom is -0.394 e. The van der Waals surface area contributed by atoms with E-state index in [1.807, 2.05) is 72.9 Å². The number of hydrogen-bond acceptors (Lipinski definition) is 2. The number of benzene rings is 3. The van der Waals surface area contributed by atoms with E-state index in [-0.39, 0.29) is 12.5 Å². The summed E-state index contributed by atoms with van der Waals surface area (Å²) in [5.41, 5.74) is 4.23. The first-order valence-corrected chi connectivity index (χ1v) is 10.8. The van der Waals surface area contributed by atoms with Crippen LogP contribution in [0.5, 0.6) is 0 Å². The molecular formula is C26H21BrN2O2. The minimum absolute atomic E-state index is 0.156. The lowest BCUT2D eigenvalue weighted by atomic mass is 10.0. The van der Waals surface area contributed by atoms with Gasteiger partial charge in [-0.2, -0.15) is 0 Å². The molecule has 0 aliphatic heterocycles. The van der Waals surface area contributed by atoms with Crippen LogP contribution in [0.15, 0.2) is 83.5 Å². The van der Waals surface area contributed by atoms with Gasteiger partial charge in [-0.3, -0.25) is 4.79 Å². The van der Waals surface area contributed by atoms with Crippen LogP contribution in [0.1, 0.15) is 27.0 Å². The van der Waals surface area contributed by atoms with Gasteiger partial charge in [0.1, 0.15) is 0 Å². The molecule has 31 heavy (non-hydrogen) atoms. The topological polar surface area (TPSA) is 65.1 Å². The number of hydrogen-bond donors (Lipinski definition) is 3. The number of aliphatic hydroxyl groups is 1. The summed E-state index contributed by atoms with van der Waals surface area (Å²) in [6, 6.07) is 22.7. The Morgan fingerprint density at radius 3 is 2.55 bits per heavy atom. The molecule has 0 aliphatic carbocycles. The molecule has 0 saturated heterocycles. The predicted octanol–water partition coefficient (Wildman–Crippen LogP) is 4.66. The smallest absolute Gasteiger partial charge is 0.252 e. The average Bonchev–Trinajstić information content (AvgIpc) is 3.21. The summed E-state index contributed by atoms with van der Waals surface area (Å²) >= 11 is 3.46. The molecule has 0 spiro atoms. The van der Waals surface area contributed by atoms with Crippen molar-refractivity contribution in [3.05, 3.63) is 106 Å². The Labute approximate surface area is 189 Å². The van der Waals surface area contributed by atoms with Gasteiger partial charge in [-0.15, -0.1) is 0 Å². The molecule has 3 aromatic carbocycles. The summed E-state index contributed by atoms with van der Waals surface area (Å²) in [5, 5.41) is 13.9. The van der Waals surface area contributed by atoms with E-state index >= 15 is 0 Å². The van der Waals surface area contributed by atoms with Gasteiger partial charge in [0.15, 0.2) is 0 Å². The molecule has 0 aliphatic rings. The zero-order valence-corrected chi connectivity index (χ0v) is 18.3. The van der Waals surface area contributed by atoms with Crippen LogP contribution in [0, 0.1) is 11.8 Å². The highest BCUT2D eigenvalue weighted by atomic mass is 79.9. The van der Waals surface area contributed by atoms with E-state index in [0.29, 0.717) is 16.5 Å². The number of halogens is 1. The largest absolute Gasteiger partial charge is 0.394 e. The lowest BCUT2D eigenvalue weighted by molar-refractivity contribution is 0.0915. The Morgan fingerprint density at radius 1 is 1.00 bits per heavy atom. The van der Waals surface area contributed by atoms with E-state index in [2.05, 4.69) is 38.1 Å². The van der Waals surface area contributed by atoms with Crippen LogP contribution in [0.25, 0.3) is 10.9 Å². The van der Waals surface area contributed by atoms with E-state index in [0.717, 1.165) is 27.6 Å². The Morgan fingerprint density at radius 2 is 1.74 bits per heavy atom. The highest BCUT2D eigenvalue weighted by molar-refractivity contribution is 9.10. The third-order valence-electron chi connectivity index (χ3n) is 5.03. The number of rotatable bonds is 5. The molecule has 4 aromatic rings. The van der Waals surface area contributed by atoms with Gasteiger partial charge in [0.25, 0.3) is 5.91 Å². The molecule has 0 fully saturated rings. The van der Waals surface area contributed by atoms with Gasteiger partial charge in [-0.1, -0.05) is 48.2 Å². The van der Waals surface area contributed by atoms with Gasteiger partial charge in [0.2, 0.25) is 0 Å². The van der Waals surface area contributed by atoms with Crippen molar-refractivity contribution in [3.63, 3.8) is 0 Å². The molecule has 1 unspecified atom stereocenters. The first-order valence-electron chi connectivity index (χ1n) is 9.97. The summed E-state index contributed by atoms with van der Waals surface area (Å²) in [7, 11) is 0. The lowest BCUT2D eigenvalue weighted by Crippen LogP contribution is -2.39. The van der Waals surface area contributed by atoms with Gasteiger partial charge < -0.3 is 15.4 Å². The standard InChI is InChI=1S/C26H21BrN2O2/c27-24-13-12-19(11-10-18-6-2-1-3-7-18)14-23(24)26(31)29-21(17-30)15-20-16-28-25-9-5-4-8-22(20)25/h1-9,12-14,16,21,28,30H,15,17H2,(H,29,31). The predicted molar refractivity (Wildman–Crippen MR) is 127 cm³/mol. The average molecular weight is 473 g/mol. The Bertz CT molecular complexity index is 1270. The van der Waals surface area contributed by atoms with E-state index in [1.165, 1.54) is 0 Å². The van der Waals surface area contributed by atoms with Crippen molar-refractivity contribution < 1.29 is 9.90 Å². The maximum Gasteiger partial charge on any atom is 0.252 e. The minimum atomic E-state index is -0.405. The fraction of sp³-hybridized carbons (Fsp3) is 0.115. The number of aromatic nitrogens is 1. The van der Waals surface area contributed by atoms with E-state index < -0.39 is 6.04 Å². The fourth-order valence-electron chi connectivity index (χ4n) is 3.43. The number of aromatic amines is 1. The van der Waals surface area contributed by atoms with E-state index in [4.69, 9.17) is 0 Å². The summed E-state index contributed by atoms with van der Waals surface area (Å²) in [4.78, 5) is 16.2. The van der Waals surface area contributed by atoms with Crippen LogP contribution in [0.2, 0.25) is 0 Å². The number of carbonyl (C=O) groups excluding carboxylic acids is 1. The quantitative estimate of drug-likeness (QED) is 0.369. The van der Waals surface area contributed by atoms with Gasteiger partial charge in [0.05, 0.1) is 18.2 Å². The molecule has 1 heterocycles. The third-order valence-corrected chi connectivity index (χ3v) is 5.72. The van der Waals surface area contributed by atoms with Crippen LogP contribution in [0.3, 0.4) is 0 Å². The van der Waals surface area contributed by atoms with Crippen LogP contribution in [0.4, 0.5) is 0 Å². The molecule has 4 nitrogen and oxygen atoms in total. The van der Waals surface area contributed by atoms with Crippen molar-refractivity contribution in [3.8, 4) is 11.8 Å². The van der Waals surface area contributed by atoms with Crippen LogP contribution >= 0.6 is 15.9 Å². The van der Waals surface area contributed by atoms with Gasteiger partial charge in [0, 0.05) is 32.7 Å². The van der Waals surface area contributed by atoms with E-state index in [1.54, 1.807) is 6.07 Å². The number of fused-ring (bicyclic) bond motifs is 1. The molecule has 1 atom stereocenters. The number of H-pyrrole nitrogens is 1. The molecule has 5 heteroatoms. The van der Waals surface area contributed by atoms with E-state index in [9.17, 15) is 9.90 Å². The van der Waals surface area contributed by atoms with Crippen molar-refractivity contribution in [2.75, 3.05) is 6.61 Å². The van der Waals surface area contributed by atoms with Gasteiger partial charge in [-0.05, 0) is 64.3 Å². The first kappa shape index (κ1) is 20.9. The summed E-state index contributed by atoms with van der Waals surface area (Å²) in [5.74, 6) is 5.95. The molecule has 0 bridgehead atoms. The highest BCUT2D eigenvalue weighted by Crippen LogP contribution is 2.21. The number of amides is 1. The molecule has 1 amide bonds.